The van der Waals surface area contributed by atoms with Crippen molar-refractivity contribution >= 4 is 33.4 Å². The van der Waals surface area contributed by atoms with Crippen LogP contribution in [0.15, 0.2) is 36.4 Å². The van der Waals surface area contributed by atoms with E-state index in [4.69, 9.17) is 9.72 Å². The number of hydrogen-bond acceptors (Lipinski definition) is 5. The van der Waals surface area contributed by atoms with E-state index in [1.807, 2.05) is 25.1 Å². The van der Waals surface area contributed by atoms with Crippen molar-refractivity contribution in [1.29, 1.82) is 0 Å². The van der Waals surface area contributed by atoms with Crippen LogP contribution in [0, 0.1) is 0 Å². The van der Waals surface area contributed by atoms with Crippen LogP contribution in [0.2, 0.25) is 0 Å². The van der Waals surface area contributed by atoms with Crippen molar-refractivity contribution in [3.63, 3.8) is 0 Å². The predicted molar refractivity (Wildman–Crippen MR) is 98.6 cm³/mol. The van der Waals surface area contributed by atoms with E-state index in [0.29, 0.717) is 13.1 Å². The first-order valence-electron chi connectivity index (χ1n) is 8.64. The number of hydrogen-bond donors (Lipinski definition) is 0. The fraction of sp³-hybridized carbons (Fsp3) is 0.421. The molecule has 5 nitrogen and oxygen atoms in total. The van der Waals surface area contributed by atoms with Crippen LogP contribution in [0.3, 0.4) is 0 Å². The predicted octanol–water partition coefficient (Wildman–Crippen LogP) is 3.51. The van der Waals surface area contributed by atoms with Crippen LogP contribution in [0.1, 0.15) is 37.1 Å². The Morgan fingerprint density at radius 2 is 2.24 bits per heavy atom. The quantitative estimate of drug-likeness (QED) is 0.606. The molecular weight excluding hydrogens is 336 g/mol. The number of aromatic nitrogens is 1. The van der Waals surface area contributed by atoms with Crippen LogP contribution in [-0.4, -0.2) is 41.5 Å². The number of carbonyl (C=O) groups excluding carboxylic acids is 2. The van der Waals surface area contributed by atoms with Gasteiger partial charge in [0, 0.05) is 25.1 Å². The van der Waals surface area contributed by atoms with E-state index in [2.05, 4.69) is 6.07 Å². The zero-order valence-electron chi connectivity index (χ0n) is 14.3. The fourth-order valence-corrected chi connectivity index (χ4v) is 4.05. The number of nitrogens with zero attached hydrogens (tertiary/aromatic N) is 2. The van der Waals surface area contributed by atoms with Crippen molar-refractivity contribution in [1.82, 2.24) is 9.88 Å². The molecule has 1 atom stereocenters. The topological polar surface area (TPSA) is 59.5 Å². The molecule has 6 heteroatoms. The van der Waals surface area contributed by atoms with E-state index in [0.717, 1.165) is 29.8 Å². The number of carbonyl (C=O) groups is 2. The Balaban J connectivity index is 1.59. The molecule has 1 saturated heterocycles. The maximum absolute atomic E-state index is 12.3. The first kappa shape index (κ1) is 17.6. The fourth-order valence-electron chi connectivity index (χ4n) is 2.96. The summed E-state index contributed by atoms with van der Waals surface area (Å²) < 4.78 is 6.20. The molecule has 0 spiro atoms. The molecule has 1 aliphatic rings. The number of fused-ring (bicyclic) bond motifs is 1. The lowest BCUT2D eigenvalue weighted by molar-refractivity contribution is -0.148. The number of allylic oxidation sites excluding steroid dienone is 1. The van der Waals surface area contributed by atoms with Gasteiger partial charge in [-0.3, -0.25) is 4.79 Å². The average molecular weight is 358 g/mol. The Hall–Kier alpha value is -2.21. The summed E-state index contributed by atoms with van der Waals surface area (Å²) >= 11 is 1.70. The van der Waals surface area contributed by atoms with Crippen molar-refractivity contribution in [2.24, 2.45) is 0 Å². The summed E-state index contributed by atoms with van der Waals surface area (Å²) in [6, 6.07) is 8.10. The maximum Gasteiger partial charge on any atom is 0.330 e. The molecule has 3 rings (SSSR count). The minimum atomic E-state index is -0.463. The van der Waals surface area contributed by atoms with Gasteiger partial charge in [0.2, 0.25) is 0 Å². The molecule has 0 unspecified atom stereocenters. The third-order valence-electron chi connectivity index (χ3n) is 4.26. The summed E-state index contributed by atoms with van der Waals surface area (Å²) in [7, 11) is 0. The second-order valence-corrected chi connectivity index (χ2v) is 7.18. The molecule has 0 saturated carbocycles. The van der Waals surface area contributed by atoms with Gasteiger partial charge in [0.05, 0.1) is 15.2 Å². The summed E-state index contributed by atoms with van der Waals surface area (Å²) in [4.78, 5) is 30.3. The molecule has 25 heavy (non-hydrogen) atoms. The summed E-state index contributed by atoms with van der Waals surface area (Å²) in [6.07, 6.45) is 5.82. The second-order valence-electron chi connectivity index (χ2n) is 6.12. The molecule has 1 aromatic carbocycles. The number of esters is 1. The standard InChI is InChI=1S/C19H22N2O3S/c1-2-3-10-18(23)24-13-17(22)21-11-6-7-14(12-21)19-20-15-8-4-5-9-16(15)25-19/h3-5,8-10,14H,2,6-7,11-13H2,1H3/b10-3+/t14-/m1/s1. The van der Waals surface area contributed by atoms with Gasteiger partial charge in [0.15, 0.2) is 6.61 Å². The Kier molecular flexibility index (Phi) is 5.81. The van der Waals surface area contributed by atoms with Gasteiger partial charge in [0.25, 0.3) is 5.91 Å². The van der Waals surface area contributed by atoms with Crippen LogP contribution in [0.4, 0.5) is 0 Å². The molecule has 2 aromatic rings. The van der Waals surface area contributed by atoms with Crippen molar-refractivity contribution in [3.05, 3.63) is 41.4 Å². The Bertz CT molecular complexity index is 751. The number of thiazole rings is 1. The number of para-hydroxylation sites is 1. The molecule has 1 amide bonds. The number of piperidine rings is 1. The molecule has 1 aromatic heterocycles. The molecule has 1 aliphatic heterocycles. The van der Waals surface area contributed by atoms with Gasteiger partial charge in [0.1, 0.15) is 0 Å². The molecule has 0 aliphatic carbocycles. The smallest absolute Gasteiger partial charge is 0.330 e. The Morgan fingerprint density at radius 1 is 1.40 bits per heavy atom. The zero-order valence-corrected chi connectivity index (χ0v) is 15.1. The van der Waals surface area contributed by atoms with Crippen molar-refractivity contribution in [2.75, 3.05) is 19.7 Å². The maximum atomic E-state index is 12.3. The zero-order chi connectivity index (χ0) is 17.6. The van der Waals surface area contributed by atoms with Gasteiger partial charge in [-0.05, 0) is 31.4 Å². The van der Waals surface area contributed by atoms with E-state index in [1.165, 1.54) is 10.8 Å². The number of benzene rings is 1. The van der Waals surface area contributed by atoms with E-state index in [1.54, 1.807) is 22.3 Å². The van der Waals surface area contributed by atoms with E-state index < -0.39 is 5.97 Å². The van der Waals surface area contributed by atoms with Crippen molar-refractivity contribution in [3.8, 4) is 0 Å². The van der Waals surface area contributed by atoms with Gasteiger partial charge in [-0.25, -0.2) is 9.78 Å². The van der Waals surface area contributed by atoms with Gasteiger partial charge in [-0.15, -0.1) is 11.3 Å². The third-order valence-corrected chi connectivity index (χ3v) is 5.46. The summed E-state index contributed by atoms with van der Waals surface area (Å²) in [5.41, 5.74) is 1.02. The van der Waals surface area contributed by atoms with Crippen LogP contribution in [-0.2, 0) is 14.3 Å². The normalized spacial score (nSPS) is 18.0. The lowest BCUT2D eigenvalue weighted by Gasteiger charge is -2.31. The number of amides is 1. The Labute approximate surface area is 151 Å². The van der Waals surface area contributed by atoms with E-state index >= 15 is 0 Å². The van der Waals surface area contributed by atoms with E-state index in [9.17, 15) is 9.59 Å². The largest absolute Gasteiger partial charge is 0.452 e. The monoisotopic (exact) mass is 358 g/mol. The highest BCUT2D eigenvalue weighted by molar-refractivity contribution is 7.18. The van der Waals surface area contributed by atoms with Gasteiger partial charge in [-0.2, -0.15) is 0 Å². The highest BCUT2D eigenvalue weighted by Gasteiger charge is 2.27. The van der Waals surface area contributed by atoms with Crippen LogP contribution < -0.4 is 0 Å². The lowest BCUT2D eigenvalue weighted by Crippen LogP contribution is -2.41. The third kappa shape index (κ3) is 4.45. The molecule has 0 N–H and O–H groups in total. The van der Waals surface area contributed by atoms with Crippen LogP contribution in [0.5, 0.6) is 0 Å². The average Bonchev–Trinajstić information content (AvgIpc) is 3.08. The summed E-state index contributed by atoms with van der Waals surface area (Å²) in [5.74, 6) is -0.343. The minimum Gasteiger partial charge on any atom is -0.452 e. The number of likely N-dealkylation sites (tertiary alicyclic amines) is 1. The SMILES string of the molecule is CC/C=C/C(=O)OCC(=O)N1CCC[C@@H](c2nc3ccccc3s2)C1. The summed E-state index contributed by atoms with van der Waals surface area (Å²) in [5, 5.41) is 1.08. The molecule has 2 heterocycles. The van der Waals surface area contributed by atoms with Crippen LogP contribution >= 0.6 is 11.3 Å². The minimum absolute atomic E-state index is 0.135. The van der Waals surface area contributed by atoms with Crippen LogP contribution in [0.25, 0.3) is 10.2 Å². The molecule has 0 bridgehead atoms. The highest BCUT2D eigenvalue weighted by atomic mass is 32.1. The Morgan fingerprint density at radius 3 is 3.04 bits per heavy atom. The first-order valence-corrected chi connectivity index (χ1v) is 9.45. The van der Waals surface area contributed by atoms with Gasteiger partial charge >= 0.3 is 5.97 Å². The highest BCUT2D eigenvalue weighted by Crippen LogP contribution is 2.32. The molecule has 0 radical (unpaired) electrons. The molecule has 1 fully saturated rings. The first-order chi connectivity index (χ1) is 12.2. The van der Waals surface area contributed by atoms with Crippen molar-refractivity contribution in [2.45, 2.75) is 32.1 Å². The lowest BCUT2D eigenvalue weighted by atomic mass is 9.99. The molecular formula is C19H22N2O3S. The number of rotatable bonds is 5. The second kappa shape index (κ2) is 8.25. The van der Waals surface area contributed by atoms with E-state index in [-0.39, 0.29) is 18.4 Å². The van der Waals surface area contributed by atoms with Gasteiger partial charge in [-0.1, -0.05) is 25.1 Å². The van der Waals surface area contributed by atoms with Crippen molar-refractivity contribution < 1.29 is 14.3 Å². The van der Waals surface area contributed by atoms with Gasteiger partial charge < -0.3 is 9.64 Å². The summed E-state index contributed by atoms with van der Waals surface area (Å²) in [6.45, 7) is 3.09. The molecule has 132 valence electrons. The number of ether oxygens (including phenoxy) is 1.